The summed E-state index contributed by atoms with van der Waals surface area (Å²) in [5, 5.41) is 0. The van der Waals surface area contributed by atoms with Crippen molar-refractivity contribution < 1.29 is 18.7 Å². The van der Waals surface area contributed by atoms with Crippen LogP contribution in [0.4, 0.5) is 4.39 Å². The minimum absolute atomic E-state index is 0.0152. The summed E-state index contributed by atoms with van der Waals surface area (Å²) in [6.07, 6.45) is 4.31. The molecule has 27 heavy (non-hydrogen) atoms. The fourth-order valence-corrected chi connectivity index (χ4v) is 3.82. The molecule has 2 amide bonds. The molecule has 1 aromatic carbocycles. The van der Waals surface area contributed by atoms with E-state index in [1.165, 1.54) is 12.1 Å². The van der Waals surface area contributed by atoms with Crippen LogP contribution in [0.1, 0.15) is 50.5 Å². The number of likely N-dealkylation sites (tertiary alicyclic amines) is 1. The number of rotatable bonds is 7. The van der Waals surface area contributed by atoms with E-state index in [1.54, 1.807) is 17.0 Å². The molecule has 0 unspecified atom stereocenters. The maximum atomic E-state index is 13.1. The van der Waals surface area contributed by atoms with E-state index in [4.69, 9.17) is 4.74 Å². The van der Waals surface area contributed by atoms with Crippen molar-refractivity contribution >= 4 is 11.8 Å². The van der Waals surface area contributed by atoms with Gasteiger partial charge >= 0.3 is 0 Å². The fourth-order valence-electron chi connectivity index (χ4n) is 3.82. The smallest absolute Gasteiger partial charge is 0.242 e. The second kappa shape index (κ2) is 9.31. The molecule has 2 fully saturated rings. The zero-order valence-electron chi connectivity index (χ0n) is 16.0. The Bertz CT molecular complexity index is 637. The Morgan fingerprint density at radius 1 is 1.22 bits per heavy atom. The predicted molar refractivity (Wildman–Crippen MR) is 101 cm³/mol. The second-order valence-electron chi connectivity index (χ2n) is 7.65. The summed E-state index contributed by atoms with van der Waals surface area (Å²) in [6.45, 7) is 4.83. The molecule has 0 aliphatic carbocycles. The van der Waals surface area contributed by atoms with Gasteiger partial charge < -0.3 is 14.5 Å². The van der Waals surface area contributed by atoms with E-state index in [-0.39, 0.29) is 36.2 Å². The molecule has 0 saturated carbocycles. The van der Waals surface area contributed by atoms with E-state index < -0.39 is 0 Å². The highest BCUT2D eigenvalue weighted by Gasteiger charge is 2.28. The van der Waals surface area contributed by atoms with Crippen molar-refractivity contribution in [3.8, 4) is 0 Å². The Morgan fingerprint density at radius 2 is 1.93 bits per heavy atom. The lowest BCUT2D eigenvalue weighted by Gasteiger charge is -2.28. The van der Waals surface area contributed by atoms with Gasteiger partial charge in [-0.25, -0.2) is 4.39 Å². The van der Waals surface area contributed by atoms with Gasteiger partial charge in [0, 0.05) is 32.7 Å². The van der Waals surface area contributed by atoms with E-state index >= 15 is 0 Å². The Morgan fingerprint density at radius 3 is 2.56 bits per heavy atom. The lowest BCUT2D eigenvalue weighted by molar-refractivity contribution is -0.141. The first-order valence-electron chi connectivity index (χ1n) is 9.95. The Kier molecular flexibility index (Phi) is 6.83. The highest BCUT2D eigenvalue weighted by molar-refractivity contribution is 5.85. The minimum atomic E-state index is -0.284. The molecule has 5 nitrogen and oxygen atoms in total. The van der Waals surface area contributed by atoms with Crippen LogP contribution in [0.25, 0.3) is 0 Å². The number of amides is 2. The van der Waals surface area contributed by atoms with E-state index in [0.29, 0.717) is 13.0 Å². The van der Waals surface area contributed by atoms with Crippen molar-refractivity contribution in [2.75, 3.05) is 32.8 Å². The summed E-state index contributed by atoms with van der Waals surface area (Å²) in [7, 11) is 0. The molecule has 0 N–H and O–H groups in total. The number of carbonyl (C=O) groups is 2. The zero-order chi connectivity index (χ0) is 19.2. The van der Waals surface area contributed by atoms with E-state index in [2.05, 4.69) is 0 Å². The molecular weight excluding hydrogens is 347 g/mol. The topological polar surface area (TPSA) is 49.9 Å². The number of halogens is 1. The monoisotopic (exact) mass is 376 g/mol. The number of benzene rings is 1. The number of hydrogen-bond acceptors (Lipinski definition) is 3. The molecule has 0 aromatic heterocycles. The second-order valence-corrected chi connectivity index (χ2v) is 7.65. The highest BCUT2D eigenvalue weighted by Crippen LogP contribution is 2.22. The summed E-state index contributed by atoms with van der Waals surface area (Å²) in [4.78, 5) is 29.0. The van der Waals surface area contributed by atoms with Gasteiger partial charge in [0.2, 0.25) is 11.8 Å². The van der Waals surface area contributed by atoms with Gasteiger partial charge in [-0.2, -0.15) is 0 Å². The summed E-state index contributed by atoms with van der Waals surface area (Å²) >= 11 is 0. The summed E-state index contributed by atoms with van der Waals surface area (Å²) in [6, 6.07) is 6.26. The van der Waals surface area contributed by atoms with Crippen LogP contribution in [-0.4, -0.2) is 60.5 Å². The first kappa shape index (κ1) is 19.8. The van der Waals surface area contributed by atoms with Gasteiger partial charge in [-0.15, -0.1) is 0 Å². The maximum absolute atomic E-state index is 13.1. The molecule has 2 aliphatic rings. The number of ether oxygens (including phenoxy) is 1. The molecule has 0 spiro atoms. The van der Waals surface area contributed by atoms with Crippen LogP contribution in [0.3, 0.4) is 0 Å². The molecule has 148 valence electrons. The van der Waals surface area contributed by atoms with Gasteiger partial charge in [-0.3, -0.25) is 9.59 Å². The Hall–Kier alpha value is -1.95. The number of hydrogen-bond donors (Lipinski definition) is 0. The van der Waals surface area contributed by atoms with Crippen LogP contribution in [0.15, 0.2) is 24.3 Å². The van der Waals surface area contributed by atoms with Crippen LogP contribution < -0.4 is 0 Å². The van der Waals surface area contributed by atoms with Crippen LogP contribution in [0, 0.1) is 5.82 Å². The van der Waals surface area contributed by atoms with E-state index in [9.17, 15) is 14.0 Å². The lowest BCUT2D eigenvalue weighted by Crippen LogP contribution is -2.45. The van der Waals surface area contributed by atoms with Crippen molar-refractivity contribution in [3.63, 3.8) is 0 Å². The third kappa shape index (κ3) is 5.51. The van der Waals surface area contributed by atoms with Crippen molar-refractivity contribution in [2.45, 2.75) is 51.0 Å². The van der Waals surface area contributed by atoms with Crippen molar-refractivity contribution in [1.82, 2.24) is 9.80 Å². The van der Waals surface area contributed by atoms with E-state index in [1.807, 2.05) is 11.8 Å². The molecule has 0 radical (unpaired) electrons. The first-order chi connectivity index (χ1) is 13.0. The minimum Gasteiger partial charge on any atom is -0.376 e. The largest absolute Gasteiger partial charge is 0.376 e. The van der Waals surface area contributed by atoms with Gasteiger partial charge in [-0.1, -0.05) is 19.1 Å². The maximum Gasteiger partial charge on any atom is 0.242 e. The van der Waals surface area contributed by atoms with Crippen molar-refractivity contribution in [3.05, 3.63) is 35.6 Å². The molecule has 3 rings (SSSR count). The molecule has 2 aliphatic heterocycles. The predicted octanol–water partition coefficient (Wildman–Crippen LogP) is 2.95. The summed E-state index contributed by atoms with van der Waals surface area (Å²) in [5.41, 5.74) is 0.924. The first-order valence-corrected chi connectivity index (χ1v) is 9.95. The van der Waals surface area contributed by atoms with Crippen molar-refractivity contribution in [2.24, 2.45) is 0 Å². The average molecular weight is 376 g/mol. The molecule has 6 heteroatoms. The molecule has 2 heterocycles. The van der Waals surface area contributed by atoms with Gasteiger partial charge in [-0.05, 0) is 49.3 Å². The number of nitrogens with zero attached hydrogens (tertiary/aromatic N) is 2. The third-order valence-electron chi connectivity index (χ3n) is 5.51. The quantitative estimate of drug-likeness (QED) is 0.735. The van der Waals surface area contributed by atoms with Crippen LogP contribution in [0.2, 0.25) is 0 Å². The fraction of sp³-hybridized carbons (Fsp3) is 0.619. The van der Waals surface area contributed by atoms with Crippen LogP contribution >= 0.6 is 0 Å². The molecule has 2 atom stereocenters. The zero-order valence-corrected chi connectivity index (χ0v) is 16.0. The molecule has 1 aromatic rings. The highest BCUT2D eigenvalue weighted by atomic mass is 19.1. The normalized spacial score (nSPS) is 20.7. The van der Waals surface area contributed by atoms with Crippen LogP contribution in [-0.2, 0) is 14.3 Å². The Balaban J connectivity index is 1.63. The van der Waals surface area contributed by atoms with E-state index in [0.717, 1.165) is 50.9 Å². The van der Waals surface area contributed by atoms with Gasteiger partial charge in [0.25, 0.3) is 0 Å². The standard InChI is InChI=1S/C21H29FN2O3/c1-16(17-6-8-18(22)9-7-17)13-20(25)24(14-19-5-4-12-27-19)15-21(26)23-10-2-3-11-23/h6-9,16,19H,2-5,10-15H2,1H3/t16-,19-/m0/s1. The average Bonchev–Trinajstić information content (AvgIpc) is 3.35. The summed E-state index contributed by atoms with van der Waals surface area (Å²) < 4.78 is 18.8. The summed E-state index contributed by atoms with van der Waals surface area (Å²) in [5.74, 6) is -0.344. The SMILES string of the molecule is C[C@@H](CC(=O)N(CC(=O)N1CCCC1)C[C@@H]1CCCO1)c1ccc(F)cc1. The lowest BCUT2D eigenvalue weighted by atomic mass is 9.97. The van der Waals surface area contributed by atoms with Crippen LogP contribution in [0.5, 0.6) is 0 Å². The molecule has 2 saturated heterocycles. The van der Waals surface area contributed by atoms with Gasteiger partial charge in [0.15, 0.2) is 0 Å². The van der Waals surface area contributed by atoms with Gasteiger partial charge in [0.1, 0.15) is 5.82 Å². The molecular formula is C21H29FN2O3. The van der Waals surface area contributed by atoms with Gasteiger partial charge in [0.05, 0.1) is 12.6 Å². The number of carbonyl (C=O) groups excluding carboxylic acids is 2. The van der Waals surface area contributed by atoms with Crippen molar-refractivity contribution in [1.29, 1.82) is 0 Å². The molecule has 0 bridgehead atoms. The Labute approximate surface area is 160 Å². The third-order valence-corrected chi connectivity index (χ3v) is 5.51.